The topological polar surface area (TPSA) is 12.0 Å². The molecule has 1 N–H and O–H groups in total. The molecule has 82 valence electrons. The lowest BCUT2D eigenvalue weighted by atomic mass is 10.1. The van der Waals surface area contributed by atoms with Gasteiger partial charge < -0.3 is 5.32 Å². The van der Waals surface area contributed by atoms with Crippen LogP contribution in [0, 0.1) is 0 Å². The molecule has 0 aliphatic rings. The lowest BCUT2D eigenvalue weighted by Crippen LogP contribution is -1.98. The molecule has 0 unspecified atom stereocenters. The Hall–Kier alpha value is -1.24. The van der Waals surface area contributed by atoms with E-state index in [1.807, 2.05) is 0 Å². The van der Waals surface area contributed by atoms with Crippen molar-refractivity contribution in [1.82, 2.24) is 0 Å². The molecule has 0 heterocycles. The van der Waals surface area contributed by atoms with Crippen LogP contribution in [0.2, 0.25) is 0 Å². The lowest BCUT2D eigenvalue weighted by molar-refractivity contribution is 0.922. The van der Waals surface area contributed by atoms with Crippen molar-refractivity contribution < 1.29 is 0 Å². The van der Waals surface area contributed by atoms with E-state index in [9.17, 15) is 0 Å². The highest BCUT2D eigenvalue weighted by molar-refractivity contribution is 5.45. The first-order chi connectivity index (χ1) is 7.22. The average molecular weight is 203 g/mol. The highest BCUT2D eigenvalue weighted by Crippen LogP contribution is 2.10. The SMILES string of the molecule is CCCc1ccc(NCC=C(C)C)cc1. The maximum absolute atomic E-state index is 3.37. The monoisotopic (exact) mass is 203 g/mol. The summed E-state index contributed by atoms with van der Waals surface area (Å²) in [5.41, 5.74) is 3.97. The van der Waals surface area contributed by atoms with Gasteiger partial charge in [0, 0.05) is 12.2 Å². The Labute approximate surface area is 93.2 Å². The van der Waals surface area contributed by atoms with Crippen LogP contribution in [0.25, 0.3) is 0 Å². The van der Waals surface area contributed by atoms with Gasteiger partial charge in [0.15, 0.2) is 0 Å². The molecule has 15 heavy (non-hydrogen) atoms. The molecule has 0 aromatic heterocycles. The van der Waals surface area contributed by atoms with Crippen LogP contribution in [0.4, 0.5) is 5.69 Å². The van der Waals surface area contributed by atoms with E-state index >= 15 is 0 Å². The third-order valence-corrected chi connectivity index (χ3v) is 2.31. The quantitative estimate of drug-likeness (QED) is 0.713. The molecule has 1 aromatic carbocycles. The van der Waals surface area contributed by atoms with Crippen LogP contribution in [0.1, 0.15) is 32.8 Å². The summed E-state index contributed by atoms with van der Waals surface area (Å²) in [6.07, 6.45) is 4.58. The van der Waals surface area contributed by atoms with E-state index in [2.05, 4.69) is 56.4 Å². The first-order valence-electron chi connectivity index (χ1n) is 5.68. The van der Waals surface area contributed by atoms with Gasteiger partial charge in [-0.3, -0.25) is 0 Å². The maximum Gasteiger partial charge on any atom is 0.0342 e. The molecular weight excluding hydrogens is 182 g/mol. The van der Waals surface area contributed by atoms with Gasteiger partial charge in [0.25, 0.3) is 0 Å². The first kappa shape index (κ1) is 11.8. The minimum atomic E-state index is 0.912. The van der Waals surface area contributed by atoms with E-state index in [0.29, 0.717) is 0 Å². The van der Waals surface area contributed by atoms with Crippen LogP contribution in [-0.4, -0.2) is 6.54 Å². The molecule has 0 fully saturated rings. The van der Waals surface area contributed by atoms with Gasteiger partial charge in [-0.15, -0.1) is 0 Å². The van der Waals surface area contributed by atoms with E-state index in [-0.39, 0.29) is 0 Å². The molecule has 0 amide bonds. The molecule has 1 aromatic rings. The number of allylic oxidation sites excluding steroid dienone is 1. The zero-order valence-corrected chi connectivity index (χ0v) is 10.0. The normalized spacial score (nSPS) is 9.80. The van der Waals surface area contributed by atoms with Crippen LogP contribution >= 0.6 is 0 Å². The van der Waals surface area contributed by atoms with E-state index in [4.69, 9.17) is 0 Å². The second kappa shape index (κ2) is 6.28. The van der Waals surface area contributed by atoms with Crippen molar-refractivity contribution in [2.45, 2.75) is 33.6 Å². The van der Waals surface area contributed by atoms with Crippen LogP contribution in [0.5, 0.6) is 0 Å². The zero-order chi connectivity index (χ0) is 11.1. The Bertz CT molecular complexity index is 305. The number of nitrogens with one attached hydrogen (secondary N) is 1. The van der Waals surface area contributed by atoms with Gasteiger partial charge in [-0.1, -0.05) is 37.1 Å². The van der Waals surface area contributed by atoms with Crippen LogP contribution in [0.3, 0.4) is 0 Å². The molecular formula is C14H21N. The molecule has 0 spiro atoms. The predicted octanol–water partition coefficient (Wildman–Crippen LogP) is 4.02. The minimum absolute atomic E-state index is 0.912. The van der Waals surface area contributed by atoms with Crippen LogP contribution in [0.15, 0.2) is 35.9 Å². The summed E-state index contributed by atoms with van der Waals surface area (Å²) < 4.78 is 0. The van der Waals surface area contributed by atoms with Crippen molar-refractivity contribution in [3.05, 3.63) is 41.5 Å². The van der Waals surface area contributed by atoms with Crippen molar-refractivity contribution in [3.8, 4) is 0 Å². The van der Waals surface area contributed by atoms with Crippen molar-refractivity contribution in [2.75, 3.05) is 11.9 Å². The molecule has 1 rings (SSSR count). The summed E-state index contributed by atoms with van der Waals surface area (Å²) in [6, 6.07) is 8.72. The molecule has 0 radical (unpaired) electrons. The summed E-state index contributed by atoms with van der Waals surface area (Å²) in [6.45, 7) is 7.36. The van der Waals surface area contributed by atoms with Gasteiger partial charge in [-0.2, -0.15) is 0 Å². The Kier molecular flexibility index (Phi) is 4.96. The third-order valence-electron chi connectivity index (χ3n) is 2.31. The molecule has 0 bridgehead atoms. The minimum Gasteiger partial charge on any atom is -0.382 e. The molecule has 0 aliphatic heterocycles. The standard InChI is InChI=1S/C14H21N/c1-4-5-13-6-8-14(9-7-13)15-11-10-12(2)3/h6-10,15H,4-5,11H2,1-3H3. The molecule has 0 saturated heterocycles. The average Bonchev–Trinajstić information content (AvgIpc) is 2.20. The van der Waals surface area contributed by atoms with Gasteiger partial charge in [0.2, 0.25) is 0 Å². The Morgan fingerprint density at radius 1 is 1.20 bits per heavy atom. The van der Waals surface area contributed by atoms with Crippen LogP contribution < -0.4 is 5.32 Å². The van der Waals surface area contributed by atoms with Gasteiger partial charge >= 0.3 is 0 Å². The number of anilines is 1. The highest BCUT2D eigenvalue weighted by atomic mass is 14.8. The second-order valence-electron chi connectivity index (χ2n) is 4.11. The van der Waals surface area contributed by atoms with Gasteiger partial charge in [-0.05, 0) is 38.0 Å². The predicted molar refractivity (Wildman–Crippen MR) is 68.4 cm³/mol. The Balaban J connectivity index is 2.46. The number of benzene rings is 1. The van der Waals surface area contributed by atoms with Gasteiger partial charge in [0.1, 0.15) is 0 Å². The fourth-order valence-corrected chi connectivity index (χ4v) is 1.45. The smallest absolute Gasteiger partial charge is 0.0342 e. The fraction of sp³-hybridized carbons (Fsp3) is 0.429. The summed E-state index contributed by atoms with van der Waals surface area (Å²) in [4.78, 5) is 0. The highest BCUT2D eigenvalue weighted by Gasteiger charge is 1.92. The van der Waals surface area contributed by atoms with Crippen molar-refractivity contribution in [1.29, 1.82) is 0 Å². The molecule has 1 heteroatoms. The van der Waals surface area contributed by atoms with E-state index in [1.165, 1.54) is 29.7 Å². The molecule has 0 saturated carbocycles. The first-order valence-corrected chi connectivity index (χ1v) is 5.68. The molecule has 0 aliphatic carbocycles. The fourth-order valence-electron chi connectivity index (χ4n) is 1.45. The number of hydrogen-bond donors (Lipinski definition) is 1. The number of rotatable bonds is 5. The van der Waals surface area contributed by atoms with Crippen molar-refractivity contribution in [3.63, 3.8) is 0 Å². The summed E-state index contributed by atoms with van der Waals surface area (Å²) in [5, 5.41) is 3.37. The molecule has 0 atom stereocenters. The van der Waals surface area contributed by atoms with Crippen molar-refractivity contribution >= 4 is 5.69 Å². The third kappa shape index (κ3) is 4.68. The second-order valence-corrected chi connectivity index (χ2v) is 4.11. The number of hydrogen-bond acceptors (Lipinski definition) is 1. The summed E-state index contributed by atoms with van der Waals surface area (Å²) in [7, 11) is 0. The Morgan fingerprint density at radius 2 is 1.87 bits per heavy atom. The number of aryl methyl sites for hydroxylation is 1. The van der Waals surface area contributed by atoms with Crippen LogP contribution in [-0.2, 0) is 6.42 Å². The van der Waals surface area contributed by atoms with E-state index < -0.39 is 0 Å². The molecule has 1 nitrogen and oxygen atoms in total. The van der Waals surface area contributed by atoms with E-state index in [1.54, 1.807) is 0 Å². The largest absolute Gasteiger partial charge is 0.382 e. The van der Waals surface area contributed by atoms with Gasteiger partial charge in [0.05, 0.1) is 0 Å². The summed E-state index contributed by atoms with van der Waals surface area (Å²) >= 11 is 0. The van der Waals surface area contributed by atoms with Gasteiger partial charge in [-0.25, -0.2) is 0 Å². The zero-order valence-electron chi connectivity index (χ0n) is 10.0. The lowest BCUT2D eigenvalue weighted by Gasteiger charge is -2.05. The maximum atomic E-state index is 3.37. The van der Waals surface area contributed by atoms with Crippen molar-refractivity contribution in [2.24, 2.45) is 0 Å². The Morgan fingerprint density at radius 3 is 2.40 bits per heavy atom. The summed E-state index contributed by atoms with van der Waals surface area (Å²) in [5.74, 6) is 0. The van der Waals surface area contributed by atoms with E-state index in [0.717, 1.165) is 6.54 Å².